The number of anilines is 2. The molecule has 0 spiro atoms. The first-order chi connectivity index (χ1) is 14.1. The van der Waals surface area contributed by atoms with Crippen LogP contribution in [0.15, 0.2) is 18.2 Å². The van der Waals surface area contributed by atoms with Crippen molar-refractivity contribution in [3.8, 4) is 6.07 Å². The summed E-state index contributed by atoms with van der Waals surface area (Å²) in [5.74, 6) is -0.399. The maximum atomic E-state index is 13.2. The van der Waals surface area contributed by atoms with Crippen molar-refractivity contribution < 1.29 is 9.72 Å². The van der Waals surface area contributed by atoms with Gasteiger partial charge in [-0.15, -0.1) is 11.3 Å². The molecule has 0 unspecified atom stereocenters. The minimum absolute atomic E-state index is 0.109. The molecule has 1 aromatic heterocycles. The number of carbonyl (C=O) groups excluding carboxylic acids is 1. The van der Waals surface area contributed by atoms with Crippen LogP contribution < -0.4 is 10.2 Å². The van der Waals surface area contributed by atoms with Crippen LogP contribution in [0, 0.1) is 21.4 Å². The lowest BCUT2D eigenvalue weighted by atomic mass is 9.96. The zero-order valence-electron chi connectivity index (χ0n) is 16.1. The van der Waals surface area contributed by atoms with E-state index in [4.69, 9.17) is 0 Å². The Morgan fingerprint density at radius 3 is 2.66 bits per heavy atom. The number of nitro benzene ring substituents is 1. The van der Waals surface area contributed by atoms with Gasteiger partial charge < -0.3 is 10.2 Å². The molecule has 150 valence electrons. The molecule has 2 aromatic rings. The van der Waals surface area contributed by atoms with Crippen molar-refractivity contribution in [2.24, 2.45) is 0 Å². The van der Waals surface area contributed by atoms with Gasteiger partial charge in [0, 0.05) is 30.1 Å². The van der Waals surface area contributed by atoms with E-state index < -0.39 is 10.8 Å². The third-order valence-electron chi connectivity index (χ3n) is 5.64. The number of nitro groups is 1. The highest BCUT2D eigenvalue weighted by atomic mass is 32.1. The molecule has 1 aliphatic heterocycles. The molecule has 0 atom stereocenters. The molecule has 4 rings (SSSR count). The number of nitriles is 1. The van der Waals surface area contributed by atoms with Gasteiger partial charge in [-0.1, -0.05) is 0 Å². The second-order valence-corrected chi connectivity index (χ2v) is 8.59. The standard InChI is InChI=1S/C21H22N4O3S/c22-13-17-15-6-2-3-7-19(15)29-21(17)23-20(26)16-12-14(25(27)28)8-9-18(16)24-10-4-1-5-11-24/h8-9,12H,1-7,10-11H2,(H,23,26). The Balaban J connectivity index is 1.69. The van der Waals surface area contributed by atoms with Crippen molar-refractivity contribution in [2.75, 3.05) is 23.3 Å². The number of fused-ring (bicyclic) bond motifs is 1. The molecule has 0 saturated carbocycles. The predicted octanol–water partition coefficient (Wildman–Crippen LogP) is 4.65. The smallest absolute Gasteiger partial charge is 0.270 e. The van der Waals surface area contributed by atoms with Crippen molar-refractivity contribution in [3.63, 3.8) is 0 Å². The summed E-state index contributed by atoms with van der Waals surface area (Å²) in [4.78, 5) is 27.2. The summed E-state index contributed by atoms with van der Waals surface area (Å²) >= 11 is 1.46. The monoisotopic (exact) mass is 410 g/mol. The van der Waals surface area contributed by atoms with Crippen LogP contribution in [0.5, 0.6) is 0 Å². The highest BCUT2D eigenvalue weighted by molar-refractivity contribution is 7.16. The van der Waals surface area contributed by atoms with Gasteiger partial charge in [0.25, 0.3) is 11.6 Å². The van der Waals surface area contributed by atoms with E-state index in [9.17, 15) is 20.2 Å². The average Bonchev–Trinajstić information content (AvgIpc) is 3.10. The van der Waals surface area contributed by atoms with Crippen molar-refractivity contribution in [1.29, 1.82) is 5.26 Å². The second kappa shape index (κ2) is 8.21. The van der Waals surface area contributed by atoms with Crippen LogP contribution in [0.4, 0.5) is 16.4 Å². The maximum Gasteiger partial charge on any atom is 0.270 e. The van der Waals surface area contributed by atoms with E-state index in [1.807, 2.05) is 0 Å². The molecule has 0 radical (unpaired) electrons. The third kappa shape index (κ3) is 3.83. The molecule has 1 saturated heterocycles. The lowest BCUT2D eigenvalue weighted by Crippen LogP contribution is -2.31. The molecule has 1 N–H and O–H groups in total. The van der Waals surface area contributed by atoms with E-state index in [-0.39, 0.29) is 11.3 Å². The SMILES string of the molecule is N#Cc1c(NC(=O)c2cc([N+](=O)[O-])ccc2N2CCCCC2)sc2c1CCCC2. The third-order valence-corrected chi connectivity index (χ3v) is 6.85. The number of carbonyl (C=O) groups is 1. The predicted molar refractivity (Wildman–Crippen MR) is 113 cm³/mol. The number of nitrogens with one attached hydrogen (secondary N) is 1. The van der Waals surface area contributed by atoms with Gasteiger partial charge in [-0.05, 0) is 56.6 Å². The van der Waals surface area contributed by atoms with Crippen LogP contribution in [0.3, 0.4) is 0 Å². The van der Waals surface area contributed by atoms with Crippen LogP contribution in [-0.2, 0) is 12.8 Å². The van der Waals surface area contributed by atoms with E-state index in [0.717, 1.165) is 63.6 Å². The van der Waals surface area contributed by atoms with E-state index in [1.165, 1.54) is 28.3 Å². The van der Waals surface area contributed by atoms with Crippen LogP contribution in [-0.4, -0.2) is 23.9 Å². The number of non-ortho nitro benzene ring substituents is 1. The van der Waals surface area contributed by atoms with E-state index in [0.29, 0.717) is 16.3 Å². The molecule has 2 aliphatic rings. The number of thiophene rings is 1. The van der Waals surface area contributed by atoms with E-state index >= 15 is 0 Å². The average molecular weight is 410 g/mol. The van der Waals surface area contributed by atoms with Crippen LogP contribution in [0.25, 0.3) is 0 Å². The zero-order chi connectivity index (χ0) is 20.4. The molecule has 0 bridgehead atoms. The minimum Gasteiger partial charge on any atom is -0.371 e. The first-order valence-electron chi connectivity index (χ1n) is 9.98. The highest BCUT2D eigenvalue weighted by Crippen LogP contribution is 2.38. The normalized spacial score (nSPS) is 16.0. The molecule has 1 aliphatic carbocycles. The van der Waals surface area contributed by atoms with Gasteiger partial charge in [-0.25, -0.2) is 0 Å². The summed E-state index contributed by atoms with van der Waals surface area (Å²) in [5.41, 5.74) is 2.49. The molecule has 1 aromatic carbocycles. The fourth-order valence-corrected chi connectivity index (χ4v) is 5.41. The number of piperidine rings is 1. The van der Waals surface area contributed by atoms with E-state index in [2.05, 4.69) is 16.3 Å². The number of hydrogen-bond acceptors (Lipinski definition) is 6. The quantitative estimate of drug-likeness (QED) is 0.584. The fourth-order valence-electron chi connectivity index (χ4n) is 4.17. The molecule has 8 heteroatoms. The molecular formula is C21H22N4O3S. The Kier molecular flexibility index (Phi) is 5.49. The Bertz CT molecular complexity index is 1000. The fraction of sp³-hybridized carbons (Fsp3) is 0.429. The summed E-state index contributed by atoms with van der Waals surface area (Å²) in [5, 5.41) is 24.3. The van der Waals surface area contributed by atoms with Gasteiger partial charge in [0.1, 0.15) is 11.1 Å². The van der Waals surface area contributed by atoms with E-state index in [1.54, 1.807) is 6.07 Å². The van der Waals surface area contributed by atoms with Gasteiger partial charge in [-0.2, -0.15) is 5.26 Å². The van der Waals surface area contributed by atoms with Crippen molar-refractivity contribution >= 4 is 33.6 Å². The summed E-state index contributed by atoms with van der Waals surface area (Å²) in [6, 6.07) is 6.71. The lowest BCUT2D eigenvalue weighted by Gasteiger charge is -2.30. The summed E-state index contributed by atoms with van der Waals surface area (Å²) < 4.78 is 0. The zero-order valence-corrected chi connectivity index (χ0v) is 16.9. The number of rotatable bonds is 4. The summed E-state index contributed by atoms with van der Waals surface area (Å²) in [7, 11) is 0. The van der Waals surface area contributed by atoms with Crippen molar-refractivity contribution in [3.05, 3.63) is 49.9 Å². The van der Waals surface area contributed by atoms with Gasteiger partial charge in [0.2, 0.25) is 0 Å². The molecule has 2 heterocycles. The number of nitrogens with zero attached hydrogens (tertiary/aromatic N) is 3. The minimum atomic E-state index is -0.485. The maximum absolute atomic E-state index is 13.2. The number of aryl methyl sites for hydroxylation is 1. The van der Waals surface area contributed by atoms with Crippen LogP contribution in [0.1, 0.15) is 58.5 Å². The number of benzene rings is 1. The Labute approximate surface area is 173 Å². The van der Waals surface area contributed by atoms with Gasteiger partial charge in [0.15, 0.2) is 0 Å². The first kappa shape index (κ1) is 19.4. The molecule has 29 heavy (non-hydrogen) atoms. The summed E-state index contributed by atoms with van der Waals surface area (Å²) in [6.45, 7) is 1.66. The first-order valence-corrected chi connectivity index (χ1v) is 10.8. The Hall–Kier alpha value is -2.92. The largest absolute Gasteiger partial charge is 0.371 e. The van der Waals surface area contributed by atoms with Gasteiger partial charge >= 0.3 is 0 Å². The van der Waals surface area contributed by atoms with Crippen LogP contribution in [0.2, 0.25) is 0 Å². The van der Waals surface area contributed by atoms with Crippen molar-refractivity contribution in [1.82, 2.24) is 0 Å². The van der Waals surface area contributed by atoms with Gasteiger partial charge in [-0.3, -0.25) is 14.9 Å². The Morgan fingerprint density at radius 2 is 1.93 bits per heavy atom. The molecular weight excluding hydrogens is 388 g/mol. The lowest BCUT2D eigenvalue weighted by molar-refractivity contribution is -0.384. The highest BCUT2D eigenvalue weighted by Gasteiger charge is 2.25. The van der Waals surface area contributed by atoms with Crippen molar-refractivity contribution in [2.45, 2.75) is 44.9 Å². The number of amides is 1. The second-order valence-electron chi connectivity index (χ2n) is 7.49. The summed E-state index contributed by atoms with van der Waals surface area (Å²) in [6.07, 6.45) is 7.16. The Morgan fingerprint density at radius 1 is 1.17 bits per heavy atom. The molecule has 1 fully saturated rings. The van der Waals surface area contributed by atoms with Gasteiger partial charge in [0.05, 0.1) is 21.7 Å². The molecule has 7 nitrogen and oxygen atoms in total. The van der Waals surface area contributed by atoms with Crippen LogP contribution >= 0.6 is 11.3 Å². The number of hydrogen-bond donors (Lipinski definition) is 1. The molecule has 1 amide bonds. The topological polar surface area (TPSA) is 99.3 Å².